The van der Waals surface area contributed by atoms with Crippen LogP contribution in [0, 0.1) is 0 Å². The van der Waals surface area contributed by atoms with Crippen LogP contribution in [0.25, 0.3) is 0 Å². The van der Waals surface area contributed by atoms with E-state index in [1.807, 2.05) is 30.3 Å². The third-order valence-electron chi connectivity index (χ3n) is 3.90. The summed E-state index contributed by atoms with van der Waals surface area (Å²) in [6.07, 6.45) is 1.73. The molecule has 0 aromatic heterocycles. The minimum Gasteiger partial charge on any atom is -0.345 e. The highest BCUT2D eigenvalue weighted by molar-refractivity contribution is 5.97. The van der Waals surface area contributed by atoms with Crippen LogP contribution >= 0.6 is 0 Å². The van der Waals surface area contributed by atoms with E-state index in [0.717, 1.165) is 18.4 Å². The van der Waals surface area contributed by atoms with Crippen LogP contribution in [0.5, 0.6) is 0 Å². The molecule has 4 nitrogen and oxygen atoms in total. The summed E-state index contributed by atoms with van der Waals surface area (Å²) in [7, 11) is 3.43. The van der Waals surface area contributed by atoms with Gasteiger partial charge in [-0.2, -0.15) is 0 Å². The van der Waals surface area contributed by atoms with E-state index in [1.165, 1.54) is 4.90 Å². The number of hydrogen-bond acceptors (Lipinski definition) is 2. The third-order valence-corrected chi connectivity index (χ3v) is 3.90. The van der Waals surface area contributed by atoms with Crippen molar-refractivity contribution < 1.29 is 9.59 Å². The molecule has 0 heterocycles. The molecule has 2 amide bonds. The first-order valence-corrected chi connectivity index (χ1v) is 8.20. The fourth-order valence-electron chi connectivity index (χ4n) is 2.61. The number of carbonyl (C=O) groups is 2. The maximum Gasteiger partial charge on any atom is 0.253 e. The summed E-state index contributed by atoms with van der Waals surface area (Å²) in [5.41, 5.74) is 2.33. The van der Waals surface area contributed by atoms with Crippen molar-refractivity contribution in [3.05, 3.63) is 65.7 Å². The summed E-state index contributed by atoms with van der Waals surface area (Å²) in [6, 6.07) is 16.8. The van der Waals surface area contributed by atoms with Crippen LogP contribution in [-0.4, -0.2) is 30.8 Å². The van der Waals surface area contributed by atoms with Crippen molar-refractivity contribution in [1.29, 1.82) is 0 Å². The highest BCUT2D eigenvalue weighted by Gasteiger charge is 2.19. The largest absolute Gasteiger partial charge is 0.345 e. The fourth-order valence-corrected chi connectivity index (χ4v) is 2.61. The molecule has 1 unspecified atom stereocenters. The lowest BCUT2D eigenvalue weighted by Crippen LogP contribution is -2.22. The molecule has 0 radical (unpaired) electrons. The monoisotopic (exact) mass is 324 g/mol. The van der Waals surface area contributed by atoms with Crippen LogP contribution in [0.3, 0.4) is 0 Å². The molecule has 0 aliphatic carbocycles. The summed E-state index contributed by atoms with van der Waals surface area (Å²) in [5.74, 6) is -0.241. The molecule has 0 spiro atoms. The number of carbonyl (C=O) groups excluding carboxylic acids is 2. The van der Waals surface area contributed by atoms with Crippen molar-refractivity contribution in [2.75, 3.05) is 19.4 Å². The molecule has 4 heteroatoms. The lowest BCUT2D eigenvalue weighted by atomic mass is 9.93. The van der Waals surface area contributed by atoms with Gasteiger partial charge in [0.2, 0.25) is 5.91 Å². The maximum atomic E-state index is 12.6. The molecule has 0 aliphatic rings. The topological polar surface area (TPSA) is 49.4 Å². The van der Waals surface area contributed by atoms with E-state index in [2.05, 4.69) is 12.2 Å². The fraction of sp³-hybridized carbons (Fsp3) is 0.300. The summed E-state index contributed by atoms with van der Waals surface area (Å²) < 4.78 is 0. The molecule has 2 aromatic carbocycles. The Bertz CT molecular complexity index is 679. The van der Waals surface area contributed by atoms with E-state index in [-0.39, 0.29) is 17.7 Å². The first-order valence-electron chi connectivity index (χ1n) is 8.20. The van der Waals surface area contributed by atoms with E-state index in [1.54, 1.807) is 38.4 Å². The second-order valence-electron chi connectivity index (χ2n) is 6.02. The molecule has 2 rings (SSSR count). The number of rotatable bonds is 6. The third kappa shape index (κ3) is 4.44. The zero-order chi connectivity index (χ0) is 17.5. The quantitative estimate of drug-likeness (QED) is 0.876. The summed E-state index contributed by atoms with van der Waals surface area (Å²) in [4.78, 5) is 26.1. The second kappa shape index (κ2) is 8.29. The van der Waals surface area contributed by atoms with Gasteiger partial charge in [0.05, 0.1) is 5.92 Å². The molecular weight excluding hydrogens is 300 g/mol. The number of hydrogen-bond donors (Lipinski definition) is 1. The predicted molar refractivity (Wildman–Crippen MR) is 97.2 cm³/mol. The van der Waals surface area contributed by atoms with Crippen LogP contribution in [0.15, 0.2) is 54.6 Å². The Morgan fingerprint density at radius 2 is 1.62 bits per heavy atom. The lowest BCUT2D eigenvalue weighted by molar-refractivity contribution is -0.117. The number of nitrogens with one attached hydrogen (secondary N) is 1. The van der Waals surface area contributed by atoms with Crippen molar-refractivity contribution in [3.8, 4) is 0 Å². The van der Waals surface area contributed by atoms with Gasteiger partial charge in [-0.05, 0) is 36.2 Å². The number of benzene rings is 2. The number of nitrogens with zero attached hydrogens (tertiary/aromatic N) is 1. The predicted octanol–water partition coefficient (Wildman–Crippen LogP) is 3.91. The first-order chi connectivity index (χ1) is 11.5. The number of anilines is 1. The molecule has 2 aromatic rings. The summed E-state index contributed by atoms with van der Waals surface area (Å²) in [5, 5.41) is 2.96. The Balaban J connectivity index is 2.11. The molecule has 1 N–H and O–H groups in total. The van der Waals surface area contributed by atoms with E-state index in [9.17, 15) is 9.59 Å². The van der Waals surface area contributed by atoms with Gasteiger partial charge in [0, 0.05) is 25.3 Å². The molecule has 24 heavy (non-hydrogen) atoms. The zero-order valence-electron chi connectivity index (χ0n) is 14.5. The molecule has 126 valence electrons. The molecule has 0 saturated heterocycles. The molecule has 0 aliphatic heterocycles. The van der Waals surface area contributed by atoms with Gasteiger partial charge in [-0.25, -0.2) is 0 Å². The van der Waals surface area contributed by atoms with Crippen LogP contribution in [0.1, 0.15) is 41.6 Å². The van der Waals surface area contributed by atoms with Crippen molar-refractivity contribution >= 4 is 17.5 Å². The first kappa shape index (κ1) is 17.7. The van der Waals surface area contributed by atoms with Crippen molar-refractivity contribution in [2.45, 2.75) is 25.7 Å². The Morgan fingerprint density at radius 1 is 1.00 bits per heavy atom. The normalized spacial score (nSPS) is 11.6. The Kier molecular flexibility index (Phi) is 6.13. The number of amides is 2. The van der Waals surface area contributed by atoms with Gasteiger partial charge >= 0.3 is 0 Å². The van der Waals surface area contributed by atoms with Crippen LogP contribution in [0.2, 0.25) is 0 Å². The van der Waals surface area contributed by atoms with E-state index in [4.69, 9.17) is 0 Å². The SMILES string of the molecule is CCCC(C(=O)Nc1ccc(C(=O)N(C)C)cc1)c1ccccc1. The van der Waals surface area contributed by atoms with Gasteiger partial charge in [-0.1, -0.05) is 43.7 Å². The van der Waals surface area contributed by atoms with Crippen molar-refractivity contribution in [1.82, 2.24) is 4.90 Å². The molecule has 0 fully saturated rings. The Hall–Kier alpha value is -2.62. The highest BCUT2D eigenvalue weighted by Crippen LogP contribution is 2.23. The highest BCUT2D eigenvalue weighted by atomic mass is 16.2. The van der Waals surface area contributed by atoms with Crippen LogP contribution in [-0.2, 0) is 4.79 Å². The van der Waals surface area contributed by atoms with Gasteiger partial charge in [-0.15, -0.1) is 0 Å². The average Bonchev–Trinajstić information content (AvgIpc) is 2.60. The minimum absolute atomic E-state index is 0.0188. The van der Waals surface area contributed by atoms with Crippen LogP contribution in [0.4, 0.5) is 5.69 Å². The van der Waals surface area contributed by atoms with E-state index >= 15 is 0 Å². The zero-order valence-corrected chi connectivity index (χ0v) is 14.5. The maximum absolute atomic E-state index is 12.6. The van der Waals surface area contributed by atoms with Gasteiger partial charge in [0.1, 0.15) is 0 Å². The smallest absolute Gasteiger partial charge is 0.253 e. The standard InChI is InChI=1S/C20H24N2O2/c1-4-8-18(15-9-6-5-7-10-15)19(23)21-17-13-11-16(12-14-17)20(24)22(2)3/h5-7,9-14,18H,4,8H2,1-3H3,(H,21,23). The lowest BCUT2D eigenvalue weighted by Gasteiger charge is -2.17. The van der Waals surface area contributed by atoms with Crippen LogP contribution < -0.4 is 5.32 Å². The second-order valence-corrected chi connectivity index (χ2v) is 6.02. The summed E-state index contributed by atoms with van der Waals surface area (Å²) in [6.45, 7) is 2.07. The van der Waals surface area contributed by atoms with Crippen molar-refractivity contribution in [2.24, 2.45) is 0 Å². The van der Waals surface area contributed by atoms with E-state index < -0.39 is 0 Å². The average molecular weight is 324 g/mol. The Labute approximate surface area is 143 Å². The molecule has 1 atom stereocenters. The molecule has 0 bridgehead atoms. The van der Waals surface area contributed by atoms with E-state index in [0.29, 0.717) is 11.3 Å². The van der Waals surface area contributed by atoms with Gasteiger partial charge in [0.25, 0.3) is 5.91 Å². The Morgan fingerprint density at radius 3 is 2.17 bits per heavy atom. The van der Waals surface area contributed by atoms with Crippen molar-refractivity contribution in [3.63, 3.8) is 0 Å². The molecule has 0 saturated carbocycles. The molecular formula is C20H24N2O2. The van der Waals surface area contributed by atoms with Gasteiger partial charge in [0.15, 0.2) is 0 Å². The summed E-state index contributed by atoms with van der Waals surface area (Å²) >= 11 is 0. The van der Waals surface area contributed by atoms with Gasteiger partial charge in [-0.3, -0.25) is 9.59 Å². The van der Waals surface area contributed by atoms with Gasteiger partial charge < -0.3 is 10.2 Å². The minimum atomic E-state index is -0.167.